The summed E-state index contributed by atoms with van der Waals surface area (Å²) >= 11 is 0. The molecule has 0 bridgehead atoms. The monoisotopic (exact) mass is 261 g/mol. The number of ketones is 1. The molecular weight excluding hydrogens is 254 g/mol. The van der Waals surface area contributed by atoms with Crippen LogP contribution in [0.1, 0.15) is 10.4 Å². The van der Waals surface area contributed by atoms with Crippen LogP contribution in [0.2, 0.25) is 0 Å². The highest BCUT2D eigenvalue weighted by molar-refractivity contribution is 8.13. The molecule has 0 amide bonds. The Morgan fingerprint density at radius 2 is 2.06 bits per heavy atom. The van der Waals surface area contributed by atoms with Crippen LogP contribution in [0.5, 0.6) is 0 Å². The van der Waals surface area contributed by atoms with E-state index in [1.807, 2.05) is 0 Å². The molecule has 0 aliphatic heterocycles. The van der Waals surface area contributed by atoms with Gasteiger partial charge < -0.3 is 5.32 Å². The van der Waals surface area contributed by atoms with Gasteiger partial charge in [-0.3, -0.25) is 9.59 Å². The number of hydrogen-bond acceptors (Lipinski definition) is 5. The lowest BCUT2D eigenvalue weighted by Gasteiger charge is -2.06. The van der Waals surface area contributed by atoms with Crippen LogP contribution < -0.4 is 5.32 Å². The summed E-state index contributed by atoms with van der Waals surface area (Å²) in [5, 5.41) is 2.67. The van der Waals surface area contributed by atoms with Crippen molar-refractivity contribution in [3.63, 3.8) is 0 Å². The predicted octanol–water partition coefficient (Wildman–Crippen LogP) is 1.04. The number of halogens is 1. The van der Waals surface area contributed by atoms with Crippen LogP contribution in [0.3, 0.4) is 0 Å². The van der Waals surface area contributed by atoms with Gasteiger partial charge in [-0.1, -0.05) is 0 Å². The maximum Gasteiger partial charge on any atom is 0.261 e. The molecule has 1 aromatic carbocycles. The molecule has 1 N–H and O–H groups in total. The first-order chi connectivity index (χ1) is 7.40. The normalized spacial score (nSPS) is 10.9. The third-order valence-corrected chi connectivity index (χ3v) is 3.27. The second-order valence-corrected chi connectivity index (χ2v) is 5.44. The molecule has 86 valence electrons. The van der Waals surface area contributed by atoms with Crippen LogP contribution in [0.4, 0.5) is 5.69 Å². The van der Waals surface area contributed by atoms with E-state index in [0.29, 0.717) is 5.69 Å². The zero-order valence-electron chi connectivity index (χ0n) is 8.23. The van der Waals surface area contributed by atoms with Crippen LogP contribution in [-0.2, 0) is 13.8 Å². The molecule has 0 aromatic heterocycles. The van der Waals surface area contributed by atoms with Gasteiger partial charge in [0.05, 0.1) is 4.90 Å². The lowest BCUT2D eigenvalue weighted by Crippen LogP contribution is -2.06. The first-order valence-corrected chi connectivity index (χ1v) is 6.47. The van der Waals surface area contributed by atoms with Gasteiger partial charge in [-0.25, -0.2) is 8.42 Å². The molecule has 0 atom stereocenters. The Bertz CT molecular complexity index is 538. The van der Waals surface area contributed by atoms with E-state index >= 15 is 0 Å². The lowest BCUT2D eigenvalue weighted by atomic mass is 10.1. The number of aldehydes is 1. The van der Waals surface area contributed by atoms with Gasteiger partial charge in [0.25, 0.3) is 9.05 Å². The molecule has 0 aliphatic carbocycles. The highest BCUT2D eigenvalue weighted by Gasteiger charge is 2.16. The molecule has 5 nitrogen and oxygen atoms in total. The van der Waals surface area contributed by atoms with E-state index in [9.17, 15) is 18.0 Å². The van der Waals surface area contributed by atoms with Gasteiger partial charge in [0, 0.05) is 29.0 Å². The summed E-state index contributed by atoms with van der Waals surface area (Å²) in [5.41, 5.74) is 0.334. The highest BCUT2D eigenvalue weighted by Crippen LogP contribution is 2.22. The SMILES string of the molecule is CNc1ccc(S(=O)(=O)Cl)cc1C(=O)C=O. The number of rotatable bonds is 4. The molecule has 0 unspecified atom stereocenters. The van der Waals surface area contributed by atoms with Crippen LogP contribution in [0.25, 0.3) is 0 Å². The average Bonchev–Trinajstić information content (AvgIpc) is 2.25. The third kappa shape index (κ3) is 2.59. The Kier molecular flexibility index (Phi) is 3.66. The fourth-order valence-electron chi connectivity index (χ4n) is 1.16. The van der Waals surface area contributed by atoms with Crippen molar-refractivity contribution in [2.45, 2.75) is 4.90 Å². The number of carbonyl (C=O) groups is 2. The van der Waals surface area contributed by atoms with Crippen molar-refractivity contribution in [3.8, 4) is 0 Å². The highest BCUT2D eigenvalue weighted by atomic mass is 35.7. The molecule has 1 rings (SSSR count). The summed E-state index contributed by atoms with van der Waals surface area (Å²) < 4.78 is 22.1. The number of benzene rings is 1. The zero-order valence-corrected chi connectivity index (χ0v) is 9.80. The molecule has 0 aliphatic rings. The zero-order chi connectivity index (χ0) is 12.3. The third-order valence-electron chi connectivity index (χ3n) is 1.91. The maximum atomic E-state index is 11.2. The summed E-state index contributed by atoms with van der Waals surface area (Å²) in [6.07, 6.45) is 0.112. The van der Waals surface area contributed by atoms with Crippen LogP contribution in [0.15, 0.2) is 23.1 Å². The minimum Gasteiger partial charge on any atom is -0.388 e. The van der Waals surface area contributed by atoms with E-state index in [-0.39, 0.29) is 16.7 Å². The van der Waals surface area contributed by atoms with E-state index in [1.165, 1.54) is 12.1 Å². The number of nitrogens with one attached hydrogen (secondary N) is 1. The van der Waals surface area contributed by atoms with E-state index in [1.54, 1.807) is 7.05 Å². The van der Waals surface area contributed by atoms with Crippen molar-refractivity contribution in [2.75, 3.05) is 12.4 Å². The largest absolute Gasteiger partial charge is 0.388 e. The van der Waals surface area contributed by atoms with Crippen LogP contribution in [0, 0.1) is 0 Å². The molecule has 0 fully saturated rings. The molecule has 0 saturated heterocycles. The van der Waals surface area contributed by atoms with Crippen molar-refractivity contribution in [1.82, 2.24) is 0 Å². The van der Waals surface area contributed by atoms with Crippen LogP contribution in [-0.4, -0.2) is 27.5 Å². The van der Waals surface area contributed by atoms with Crippen molar-refractivity contribution in [1.29, 1.82) is 0 Å². The van der Waals surface area contributed by atoms with E-state index in [2.05, 4.69) is 5.32 Å². The molecular formula is C9H8ClNO4S. The Morgan fingerprint density at radius 3 is 2.50 bits per heavy atom. The molecule has 0 radical (unpaired) electrons. The van der Waals surface area contributed by atoms with Gasteiger partial charge in [0.15, 0.2) is 6.29 Å². The molecule has 0 saturated carbocycles. The second-order valence-electron chi connectivity index (χ2n) is 2.88. The molecule has 16 heavy (non-hydrogen) atoms. The number of Topliss-reactive ketones (excluding diaryl/α,β-unsaturated/α-hetero) is 1. The topological polar surface area (TPSA) is 80.3 Å². The first-order valence-electron chi connectivity index (χ1n) is 4.16. The summed E-state index contributed by atoms with van der Waals surface area (Å²) in [6.45, 7) is 0. The second kappa shape index (κ2) is 4.63. The van der Waals surface area contributed by atoms with E-state index < -0.39 is 14.8 Å². The minimum atomic E-state index is -3.92. The van der Waals surface area contributed by atoms with Gasteiger partial charge in [-0.15, -0.1) is 0 Å². The number of carbonyl (C=O) groups excluding carboxylic acids is 2. The van der Waals surface area contributed by atoms with Crippen LogP contribution >= 0.6 is 10.7 Å². The maximum absolute atomic E-state index is 11.2. The molecule has 0 heterocycles. The summed E-state index contributed by atoms with van der Waals surface area (Å²) in [4.78, 5) is 21.4. The summed E-state index contributed by atoms with van der Waals surface area (Å²) in [6, 6.07) is 3.67. The number of hydrogen-bond donors (Lipinski definition) is 1. The van der Waals surface area contributed by atoms with Gasteiger partial charge in [0.2, 0.25) is 5.78 Å². The van der Waals surface area contributed by atoms with Gasteiger partial charge in [0.1, 0.15) is 0 Å². The fourth-order valence-corrected chi connectivity index (χ4v) is 1.94. The van der Waals surface area contributed by atoms with Gasteiger partial charge in [-0.2, -0.15) is 0 Å². The van der Waals surface area contributed by atoms with E-state index in [0.717, 1.165) is 6.07 Å². The molecule has 0 spiro atoms. The Labute approximate surface area is 96.8 Å². The quantitative estimate of drug-likeness (QED) is 0.379. The smallest absolute Gasteiger partial charge is 0.261 e. The number of anilines is 1. The standard InChI is InChI=1S/C9H8ClNO4S/c1-11-8-3-2-6(16(10,14)15)4-7(8)9(13)5-12/h2-5,11H,1H3. The first kappa shape index (κ1) is 12.7. The van der Waals surface area contributed by atoms with Crippen molar-refractivity contribution in [3.05, 3.63) is 23.8 Å². The van der Waals surface area contributed by atoms with Crippen molar-refractivity contribution < 1.29 is 18.0 Å². The lowest BCUT2D eigenvalue weighted by molar-refractivity contribution is -0.104. The minimum absolute atomic E-state index is 0.0285. The Hall–Kier alpha value is -1.40. The Balaban J connectivity index is 3.44. The summed E-state index contributed by atoms with van der Waals surface area (Å²) in [7, 11) is 2.76. The van der Waals surface area contributed by atoms with Crippen molar-refractivity contribution >= 4 is 37.5 Å². The Morgan fingerprint density at radius 1 is 1.44 bits per heavy atom. The molecule has 7 heteroatoms. The fraction of sp³-hybridized carbons (Fsp3) is 0.111. The van der Waals surface area contributed by atoms with Crippen molar-refractivity contribution in [2.24, 2.45) is 0 Å². The van der Waals surface area contributed by atoms with Gasteiger partial charge in [-0.05, 0) is 18.2 Å². The summed E-state index contributed by atoms with van der Waals surface area (Å²) in [5.74, 6) is -0.813. The van der Waals surface area contributed by atoms with E-state index in [4.69, 9.17) is 10.7 Å². The van der Waals surface area contributed by atoms with Gasteiger partial charge >= 0.3 is 0 Å². The predicted molar refractivity (Wildman–Crippen MR) is 59.4 cm³/mol. The molecule has 1 aromatic rings. The average molecular weight is 262 g/mol.